The summed E-state index contributed by atoms with van der Waals surface area (Å²) in [6.45, 7) is 12.5. The van der Waals surface area contributed by atoms with E-state index in [4.69, 9.17) is 18.9 Å². The number of benzene rings is 2. The Balaban J connectivity index is 1.80. The molecule has 2 aromatic rings. The van der Waals surface area contributed by atoms with Crippen LogP contribution in [0.3, 0.4) is 0 Å². The van der Waals surface area contributed by atoms with Gasteiger partial charge in [0, 0.05) is 18.1 Å². The molecule has 0 amide bonds. The van der Waals surface area contributed by atoms with Crippen molar-refractivity contribution >= 4 is 11.8 Å². The molecule has 160 valence electrons. The third kappa shape index (κ3) is 3.74. The Bertz CT molecular complexity index is 951. The van der Waals surface area contributed by atoms with Crippen LogP contribution in [0.15, 0.2) is 24.3 Å². The highest BCUT2D eigenvalue weighted by Crippen LogP contribution is 2.39. The second-order valence-electron chi connectivity index (χ2n) is 7.49. The van der Waals surface area contributed by atoms with Gasteiger partial charge in [0.1, 0.15) is 12.2 Å². The largest absolute Gasteiger partial charge is 0.490 e. The summed E-state index contributed by atoms with van der Waals surface area (Å²) in [6, 6.07) is 8.51. The topological polar surface area (TPSA) is 41.4 Å². The van der Waals surface area contributed by atoms with Crippen LogP contribution in [0.25, 0.3) is 11.8 Å². The molecular formula is C25H32NO4+. The van der Waals surface area contributed by atoms with Gasteiger partial charge in [0.15, 0.2) is 23.0 Å². The lowest BCUT2D eigenvalue weighted by molar-refractivity contribution is -0.841. The maximum Gasteiger partial charge on any atom is 0.170 e. The molecule has 0 aromatic heterocycles. The fourth-order valence-corrected chi connectivity index (χ4v) is 4.45. The molecule has 4 rings (SSSR count). The van der Waals surface area contributed by atoms with Crippen LogP contribution in [-0.4, -0.2) is 33.0 Å². The number of quaternary nitrogens is 1. The van der Waals surface area contributed by atoms with Gasteiger partial charge in [-0.25, -0.2) is 0 Å². The Hall–Kier alpha value is -2.66. The first-order chi connectivity index (χ1) is 14.7. The Morgan fingerprint density at radius 2 is 1.47 bits per heavy atom. The number of rotatable bonds is 8. The minimum Gasteiger partial charge on any atom is -0.490 e. The summed E-state index contributed by atoms with van der Waals surface area (Å²) < 4.78 is 23.6. The highest BCUT2D eigenvalue weighted by molar-refractivity contribution is 5.83. The van der Waals surface area contributed by atoms with Crippen LogP contribution < -0.4 is 23.8 Å². The molecule has 5 heteroatoms. The summed E-state index contributed by atoms with van der Waals surface area (Å²) in [7, 11) is 0. The zero-order valence-electron chi connectivity index (χ0n) is 18.5. The maximum absolute atomic E-state index is 6.03. The van der Waals surface area contributed by atoms with Gasteiger partial charge in [-0.2, -0.15) is 0 Å². The minimum absolute atomic E-state index is 0.620. The number of fused-ring (bicyclic) bond motifs is 4. The van der Waals surface area contributed by atoms with Crippen molar-refractivity contribution in [1.82, 2.24) is 0 Å². The number of ether oxygens (including phenoxy) is 4. The standard InChI is InChI=1S/C25H31NO4/c1-5-27-22-10-9-17-13-21-19-15-24(29-7-3)23(28-6-2)14-18(19)11-12-26(21)16-20(17)25(22)30-8-4/h9-10,13-15H,5-8,11-12,16H2,1-4H3/p+1. The van der Waals surface area contributed by atoms with E-state index in [9.17, 15) is 0 Å². The van der Waals surface area contributed by atoms with Gasteiger partial charge >= 0.3 is 0 Å². The van der Waals surface area contributed by atoms with Crippen LogP contribution in [0.2, 0.25) is 0 Å². The molecule has 0 fully saturated rings. The molecule has 30 heavy (non-hydrogen) atoms. The Morgan fingerprint density at radius 1 is 0.800 bits per heavy atom. The monoisotopic (exact) mass is 410 g/mol. The van der Waals surface area contributed by atoms with Crippen LogP contribution in [-0.2, 0) is 13.0 Å². The van der Waals surface area contributed by atoms with Gasteiger partial charge in [0.25, 0.3) is 0 Å². The van der Waals surface area contributed by atoms with Crippen molar-refractivity contribution in [1.29, 1.82) is 0 Å². The van der Waals surface area contributed by atoms with Crippen molar-refractivity contribution in [2.75, 3.05) is 33.0 Å². The zero-order valence-corrected chi connectivity index (χ0v) is 18.5. The predicted octanol–water partition coefficient (Wildman–Crippen LogP) is 3.73. The minimum atomic E-state index is 0.620. The van der Waals surface area contributed by atoms with Gasteiger partial charge < -0.3 is 18.9 Å². The van der Waals surface area contributed by atoms with Crippen LogP contribution >= 0.6 is 0 Å². The van der Waals surface area contributed by atoms with E-state index in [-0.39, 0.29) is 0 Å². The molecule has 2 aromatic carbocycles. The summed E-state index contributed by atoms with van der Waals surface area (Å²) in [5.41, 5.74) is 6.36. The Morgan fingerprint density at radius 3 is 2.17 bits per heavy atom. The van der Waals surface area contributed by atoms with Crippen LogP contribution in [0.4, 0.5) is 0 Å². The van der Waals surface area contributed by atoms with Crippen molar-refractivity contribution in [3.8, 4) is 23.0 Å². The number of hydrogen-bond acceptors (Lipinski definition) is 4. The van der Waals surface area contributed by atoms with E-state index in [1.54, 1.807) is 0 Å². The molecule has 0 bridgehead atoms. The molecule has 1 unspecified atom stereocenters. The first kappa shape index (κ1) is 20.6. The number of nitrogens with one attached hydrogen (secondary N) is 1. The van der Waals surface area contributed by atoms with Gasteiger partial charge in [-0.05, 0) is 57.0 Å². The molecule has 0 radical (unpaired) electrons. The predicted molar refractivity (Wildman–Crippen MR) is 119 cm³/mol. The van der Waals surface area contributed by atoms with Crippen LogP contribution in [0.5, 0.6) is 23.0 Å². The molecule has 0 saturated carbocycles. The first-order valence-corrected chi connectivity index (χ1v) is 11.1. The SMILES string of the molecule is CCOc1cc2c(cc1OCC)C1=Cc3ccc(OCC)c(OCC)c3C[NH+]1CC2. The van der Waals surface area contributed by atoms with E-state index in [1.807, 2.05) is 33.8 Å². The first-order valence-electron chi connectivity index (χ1n) is 11.1. The molecular weight excluding hydrogens is 378 g/mol. The zero-order chi connectivity index (χ0) is 21.1. The van der Waals surface area contributed by atoms with Gasteiger partial charge in [-0.3, -0.25) is 4.90 Å². The van der Waals surface area contributed by atoms with Gasteiger partial charge in [0.05, 0.1) is 38.5 Å². The van der Waals surface area contributed by atoms with E-state index in [2.05, 4.69) is 24.3 Å². The number of hydrogen-bond donors (Lipinski definition) is 1. The average molecular weight is 411 g/mol. The lowest BCUT2D eigenvalue weighted by Gasteiger charge is -2.33. The molecule has 1 atom stereocenters. The van der Waals surface area contributed by atoms with Gasteiger partial charge in [-0.15, -0.1) is 0 Å². The Labute approximate surface area is 179 Å². The maximum atomic E-state index is 6.03. The third-order valence-corrected chi connectivity index (χ3v) is 5.68. The second-order valence-corrected chi connectivity index (χ2v) is 7.49. The molecule has 1 N–H and O–H groups in total. The molecule has 5 nitrogen and oxygen atoms in total. The van der Waals surface area contributed by atoms with Gasteiger partial charge in [0.2, 0.25) is 0 Å². The third-order valence-electron chi connectivity index (χ3n) is 5.68. The van der Waals surface area contributed by atoms with E-state index >= 15 is 0 Å². The second kappa shape index (κ2) is 9.00. The summed E-state index contributed by atoms with van der Waals surface area (Å²) in [5.74, 6) is 3.41. The molecule has 0 spiro atoms. The fourth-order valence-electron chi connectivity index (χ4n) is 4.45. The van der Waals surface area contributed by atoms with E-state index in [0.717, 1.165) is 42.5 Å². The van der Waals surface area contributed by atoms with Crippen molar-refractivity contribution in [2.45, 2.75) is 40.7 Å². The normalized spacial score (nSPS) is 16.7. The van der Waals surface area contributed by atoms with E-state index < -0.39 is 0 Å². The Kier molecular flexibility index (Phi) is 6.18. The van der Waals surface area contributed by atoms with Crippen molar-refractivity contribution in [2.24, 2.45) is 0 Å². The molecule has 2 aliphatic heterocycles. The lowest BCUT2D eigenvalue weighted by atomic mass is 9.90. The lowest BCUT2D eigenvalue weighted by Crippen LogP contribution is -3.09. The quantitative estimate of drug-likeness (QED) is 0.720. The smallest absolute Gasteiger partial charge is 0.170 e. The summed E-state index contributed by atoms with van der Waals surface area (Å²) in [5, 5.41) is 0. The summed E-state index contributed by atoms with van der Waals surface area (Å²) in [4.78, 5) is 1.45. The molecule has 0 saturated heterocycles. The van der Waals surface area contributed by atoms with Crippen molar-refractivity contribution in [3.63, 3.8) is 0 Å². The fraction of sp³-hybridized carbons (Fsp3) is 0.440. The highest BCUT2D eigenvalue weighted by Gasteiger charge is 2.33. The van der Waals surface area contributed by atoms with Crippen molar-refractivity contribution < 1.29 is 23.8 Å². The van der Waals surface area contributed by atoms with E-state index in [1.165, 1.54) is 32.9 Å². The summed E-state index contributed by atoms with van der Waals surface area (Å²) in [6.07, 6.45) is 3.32. The summed E-state index contributed by atoms with van der Waals surface area (Å²) >= 11 is 0. The highest BCUT2D eigenvalue weighted by atomic mass is 16.5. The van der Waals surface area contributed by atoms with Crippen LogP contribution in [0, 0.1) is 0 Å². The molecule has 0 aliphatic carbocycles. The van der Waals surface area contributed by atoms with Gasteiger partial charge in [-0.1, -0.05) is 6.07 Å². The molecule has 2 heterocycles. The van der Waals surface area contributed by atoms with Crippen LogP contribution in [0.1, 0.15) is 49.9 Å². The molecule has 2 aliphatic rings. The average Bonchev–Trinajstić information content (AvgIpc) is 2.75. The van der Waals surface area contributed by atoms with E-state index in [0.29, 0.717) is 26.4 Å². The van der Waals surface area contributed by atoms with Crippen molar-refractivity contribution in [3.05, 3.63) is 46.5 Å².